The third-order valence-electron chi connectivity index (χ3n) is 2.15. The second kappa shape index (κ2) is 36.1. The number of nitrogens with two attached hydrogens (primary N) is 3. The molecule has 6 N–H and O–H groups in total. The first-order valence-electron chi connectivity index (χ1n) is 9.37. The van der Waals surface area contributed by atoms with Crippen LogP contribution in [0.3, 0.4) is 0 Å². The van der Waals surface area contributed by atoms with Gasteiger partial charge in [0, 0.05) is 0 Å². The fraction of sp³-hybridized carbons (Fsp3) is 0.550. The molecule has 0 aliphatic heterocycles. The smallest absolute Gasteiger partial charge is 0.253 e. The van der Waals surface area contributed by atoms with Crippen molar-refractivity contribution >= 4 is 41.2 Å². The van der Waals surface area contributed by atoms with Gasteiger partial charge in [0.1, 0.15) is 0 Å². The van der Waals surface area contributed by atoms with E-state index in [9.17, 15) is 0 Å². The van der Waals surface area contributed by atoms with Crippen molar-refractivity contribution in [1.82, 2.24) is 0 Å². The third kappa shape index (κ3) is 64.7. The van der Waals surface area contributed by atoms with Crippen LogP contribution in [-0.4, -0.2) is 30.0 Å². The number of carbonyl (C=O) groups is 1. The van der Waals surface area contributed by atoms with E-state index in [0.29, 0.717) is 13.2 Å². The minimum atomic E-state index is 0.151. The van der Waals surface area contributed by atoms with Gasteiger partial charge in [0.05, 0.1) is 13.2 Å². The number of hydrogen-bond donors (Lipinski definition) is 3. The molecule has 1 amide bonds. The Morgan fingerprint density at radius 1 is 0.786 bits per heavy atom. The van der Waals surface area contributed by atoms with Crippen molar-refractivity contribution in [2.75, 3.05) is 13.2 Å². The molecule has 1 aromatic carbocycles. The van der Waals surface area contributed by atoms with Crippen molar-refractivity contribution in [3.63, 3.8) is 0 Å². The Bertz CT molecular complexity index is 376. The normalized spacial score (nSPS) is 7.71. The molecule has 164 valence electrons. The molecule has 0 aliphatic carbocycles. The maximum Gasteiger partial charge on any atom is 0.253 e. The van der Waals surface area contributed by atoms with Crippen LogP contribution >= 0.6 is 24.4 Å². The quantitative estimate of drug-likeness (QED) is 0.348. The first kappa shape index (κ1) is 33.6. The van der Waals surface area contributed by atoms with Crippen LogP contribution in [0.5, 0.6) is 0 Å². The summed E-state index contributed by atoms with van der Waals surface area (Å²) < 4.78 is 9.58. The van der Waals surface area contributed by atoms with E-state index in [4.69, 9.17) is 25.7 Å². The highest BCUT2D eigenvalue weighted by atomic mass is 32.1. The van der Waals surface area contributed by atoms with Crippen molar-refractivity contribution in [3.8, 4) is 0 Å². The Hall–Kier alpha value is -1.93. The van der Waals surface area contributed by atoms with Crippen LogP contribution in [0.15, 0.2) is 36.4 Å². The highest BCUT2D eigenvalue weighted by Gasteiger charge is 1.85. The van der Waals surface area contributed by atoms with Crippen molar-refractivity contribution < 1.29 is 14.3 Å². The minimum absolute atomic E-state index is 0.151. The highest BCUT2D eigenvalue weighted by molar-refractivity contribution is 7.80. The summed E-state index contributed by atoms with van der Waals surface area (Å²) in [4.78, 5) is 8.58. The van der Waals surface area contributed by atoms with Gasteiger partial charge < -0.3 is 26.7 Å². The molecule has 0 aromatic heterocycles. The zero-order valence-electron chi connectivity index (χ0n) is 17.8. The van der Waals surface area contributed by atoms with Crippen LogP contribution in [0.25, 0.3) is 0 Å². The number of unbranched alkanes of at least 4 members (excludes halogenated alkanes) is 2. The molecule has 0 radical (unpaired) electrons. The second-order valence-electron chi connectivity index (χ2n) is 5.04. The van der Waals surface area contributed by atoms with Gasteiger partial charge in [0.25, 0.3) is 10.3 Å². The van der Waals surface area contributed by atoms with E-state index < -0.39 is 0 Å². The number of ether oxygens (including phenoxy) is 2. The topological polar surface area (TPSA) is 114 Å². The number of amides is 1. The Balaban J connectivity index is -0.000000136. The molecule has 0 saturated heterocycles. The van der Waals surface area contributed by atoms with E-state index in [1.54, 1.807) is 0 Å². The fourth-order valence-corrected chi connectivity index (χ4v) is 1.19. The lowest BCUT2D eigenvalue weighted by molar-refractivity contribution is -0.106. The molecule has 8 heteroatoms. The molecule has 1 aromatic rings. The molecule has 0 aliphatic rings. The molecule has 0 saturated carbocycles. The van der Waals surface area contributed by atoms with Gasteiger partial charge in [0.2, 0.25) is 6.41 Å². The van der Waals surface area contributed by atoms with Gasteiger partial charge in [-0.1, -0.05) is 83.4 Å². The summed E-state index contributed by atoms with van der Waals surface area (Å²) in [6.07, 6.45) is 5.78. The average molecular weight is 434 g/mol. The summed E-state index contributed by atoms with van der Waals surface area (Å²) in [5.41, 5.74) is 14.3. The van der Waals surface area contributed by atoms with Gasteiger partial charge in [-0.15, -0.1) is 0 Å². The minimum Gasteiger partial charge on any atom is -0.471 e. The summed E-state index contributed by atoms with van der Waals surface area (Å²) in [6.45, 7) is 9.74. The largest absolute Gasteiger partial charge is 0.471 e. The van der Waals surface area contributed by atoms with Crippen molar-refractivity contribution in [1.29, 1.82) is 0 Å². The maximum absolute atomic E-state index is 8.58. The van der Waals surface area contributed by atoms with Crippen molar-refractivity contribution in [3.05, 3.63) is 36.4 Å². The Kier molecular flexibility index (Phi) is 43.3. The van der Waals surface area contributed by atoms with Gasteiger partial charge in [-0.2, -0.15) is 0 Å². The van der Waals surface area contributed by atoms with Crippen LogP contribution in [0, 0.1) is 0 Å². The summed E-state index contributed by atoms with van der Waals surface area (Å²) in [5.74, 6) is 0. The first-order chi connectivity index (χ1) is 13.4. The third-order valence-corrected chi connectivity index (χ3v) is 2.39. The molecule has 0 fully saturated rings. The maximum atomic E-state index is 8.58. The summed E-state index contributed by atoms with van der Waals surface area (Å²) in [6, 6.07) is 12.0. The standard InChI is InChI=1S/C6H6.2C5H11NOS.C3H8.CH3NO/c1-2-4-6-5-3-1;2*1-2-3-4-7-5(6)8;1-3-2;2-1-3/h1-6H;2*2-4H2,1H3,(H2,6,8);3H2,1-2H3;1H,(H2,2,3). The van der Waals surface area contributed by atoms with Crippen LogP contribution < -0.4 is 17.2 Å². The van der Waals surface area contributed by atoms with E-state index in [-0.39, 0.29) is 16.8 Å². The summed E-state index contributed by atoms with van der Waals surface area (Å²) >= 11 is 8.93. The molecular formula is C20H39N3O3S2. The van der Waals surface area contributed by atoms with E-state index in [2.05, 4.69) is 57.9 Å². The molecule has 28 heavy (non-hydrogen) atoms. The zero-order valence-corrected chi connectivity index (χ0v) is 19.4. The second-order valence-corrected chi connectivity index (χ2v) is 5.84. The van der Waals surface area contributed by atoms with Crippen molar-refractivity contribution in [2.45, 2.75) is 59.8 Å². The SMILES string of the molecule is CCC.CCCCOC(N)=S.CCCCOC(N)=S.NC=O.c1ccccc1. The van der Waals surface area contributed by atoms with Crippen LogP contribution in [0.4, 0.5) is 0 Å². The molecular weight excluding hydrogens is 394 g/mol. The predicted octanol–water partition coefficient (Wildman–Crippen LogP) is 4.30. The summed E-state index contributed by atoms with van der Waals surface area (Å²) in [7, 11) is 0. The number of thiocarbonyl (C=S) groups is 2. The fourth-order valence-electron chi connectivity index (χ4n) is 1.02. The number of hydrogen-bond acceptors (Lipinski definition) is 5. The monoisotopic (exact) mass is 433 g/mol. The molecule has 0 unspecified atom stereocenters. The van der Waals surface area contributed by atoms with E-state index in [1.807, 2.05) is 36.4 Å². The van der Waals surface area contributed by atoms with Gasteiger partial charge >= 0.3 is 0 Å². The predicted molar refractivity (Wildman–Crippen MR) is 128 cm³/mol. The van der Waals surface area contributed by atoms with Crippen molar-refractivity contribution in [2.24, 2.45) is 17.2 Å². The number of benzene rings is 1. The lowest BCUT2D eigenvalue weighted by Crippen LogP contribution is -2.12. The summed E-state index contributed by atoms with van der Waals surface area (Å²) in [5, 5.41) is 0.303. The van der Waals surface area contributed by atoms with Gasteiger partial charge in [-0.05, 0) is 37.3 Å². The molecule has 0 spiro atoms. The Morgan fingerprint density at radius 3 is 1.14 bits per heavy atom. The van der Waals surface area contributed by atoms with Crippen LogP contribution in [0.2, 0.25) is 0 Å². The number of rotatable bonds is 6. The molecule has 6 nitrogen and oxygen atoms in total. The van der Waals surface area contributed by atoms with Gasteiger partial charge in [-0.3, -0.25) is 4.79 Å². The molecule has 0 atom stereocenters. The first-order valence-corrected chi connectivity index (χ1v) is 10.2. The van der Waals surface area contributed by atoms with Gasteiger partial charge in [0.15, 0.2) is 0 Å². The Morgan fingerprint density at radius 2 is 1.00 bits per heavy atom. The van der Waals surface area contributed by atoms with Crippen LogP contribution in [0.1, 0.15) is 59.8 Å². The highest BCUT2D eigenvalue weighted by Crippen LogP contribution is 1.87. The van der Waals surface area contributed by atoms with E-state index in [1.165, 1.54) is 6.42 Å². The zero-order chi connectivity index (χ0) is 22.5. The van der Waals surface area contributed by atoms with Crippen LogP contribution in [-0.2, 0) is 14.3 Å². The average Bonchev–Trinajstić information content (AvgIpc) is 2.65. The molecule has 0 heterocycles. The molecule has 0 bridgehead atoms. The lowest BCUT2D eigenvalue weighted by atomic mass is 10.4. The lowest BCUT2D eigenvalue weighted by Gasteiger charge is -1.98. The van der Waals surface area contributed by atoms with E-state index in [0.717, 1.165) is 25.7 Å². The van der Waals surface area contributed by atoms with Gasteiger partial charge in [-0.25, -0.2) is 0 Å². The number of carbonyl (C=O) groups excluding carboxylic acids is 1. The van der Waals surface area contributed by atoms with E-state index >= 15 is 0 Å². The molecule has 1 rings (SSSR count). The Labute approximate surface area is 182 Å². The number of primary amides is 1.